The van der Waals surface area contributed by atoms with Crippen molar-refractivity contribution in [3.63, 3.8) is 0 Å². The van der Waals surface area contributed by atoms with Crippen molar-refractivity contribution in [2.75, 3.05) is 36.0 Å². The van der Waals surface area contributed by atoms with E-state index in [9.17, 15) is 5.26 Å². The molecule has 1 aromatic carbocycles. The molecule has 1 aliphatic rings. The average molecular weight is 306 g/mol. The van der Waals surface area contributed by atoms with E-state index in [1.54, 1.807) is 0 Å². The normalized spacial score (nSPS) is 14.7. The summed E-state index contributed by atoms with van der Waals surface area (Å²) in [6.45, 7) is 9.94. The molecule has 0 saturated carbocycles. The van der Waals surface area contributed by atoms with Crippen LogP contribution in [0.2, 0.25) is 0 Å². The van der Waals surface area contributed by atoms with Gasteiger partial charge in [0.15, 0.2) is 0 Å². The first-order valence-electron chi connectivity index (χ1n) is 8.03. The fourth-order valence-corrected chi connectivity index (χ4v) is 3.19. The van der Waals surface area contributed by atoms with Crippen LogP contribution in [0.25, 0.3) is 0 Å². The molecule has 3 rings (SSSR count). The monoisotopic (exact) mass is 306 g/mol. The Kier molecular flexibility index (Phi) is 4.20. The number of nitriles is 1. The summed E-state index contributed by atoms with van der Waals surface area (Å²) < 4.78 is 0. The average Bonchev–Trinajstić information content (AvgIpc) is 2.55. The Morgan fingerprint density at radius 1 is 0.957 bits per heavy atom. The zero-order valence-electron chi connectivity index (χ0n) is 14.0. The van der Waals surface area contributed by atoms with Gasteiger partial charge in [-0.3, -0.25) is 0 Å². The number of pyridine rings is 1. The van der Waals surface area contributed by atoms with E-state index in [-0.39, 0.29) is 0 Å². The molecule has 0 spiro atoms. The van der Waals surface area contributed by atoms with Gasteiger partial charge in [0, 0.05) is 37.6 Å². The van der Waals surface area contributed by atoms with Crippen molar-refractivity contribution in [2.45, 2.75) is 20.8 Å². The summed E-state index contributed by atoms with van der Waals surface area (Å²) in [5.41, 5.74) is 5.55. The Morgan fingerprint density at radius 3 is 2.30 bits per heavy atom. The van der Waals surface area contributed by atoms with Gasteiger partial charge in [-0.1, -0.05) is 17.7 Å². The number of benzene rings is 1. The Balaban J connectivity index is 1.76. The summed E-state index contributed by atoms with van der Waals surface area (Å²) in [4.78, 5) is 9.23. The van der Waals surface area contributed by atoms with Crippen molar-refractivity contribution in [3.8, 4) is 6.07 Å². The third-order valence-electron chi connectivity index (χ3n) is 4.41. The molecule has 2 aromatic rings. The molecule has 2 heterocycles. The highest BCUT2D eigenvalue weighted by atomic mass is 15.3. The van der Waals surface area contributed by atoms with E-state index >= 15 is 0 Å². The van der Waals surface area contributed by atoms with Gasteiger partial charge in [-0.15, -0.1) is 0 Å². The van der Waals surface area contributed by atoms with Gasteiger partial charge in [0.05, 0.1) is 5.56 Å². The van der Waals surface area contributed by atoms with Crippen LogP contribution in [0.15, 0.2) is 30.3 Å². The number of aryl methyl sites for hydroxylation is 3. The number of hydrogen-bond donors (Lipinski definition) is 0. The number of aromatic nitrogens is 1. The van der Waals surface area contributed by atoms with Crippen LogP contribution in [0.5, 0.6) is 0 Å². The maximum Gasteiger partial charge on any atom is 0.146 e. The van der Waals surface area contributed by atoms with E-state index in [2.05, 4.69) is 52.9 Å². The predicted octanol–water partition coefficient (Wildman–Crippen LogP) is 3.21. The third-order valence-corrected chi connectivity index (χ3v) is 4.41. The standard InChI is InChI=1S/C19H22N4/c1-14-4-7-18(15(2)12-14)22-8-10-23(11-9-22)19-17(13-20)6-5-16(3)21-19/h4-7,12H,8-11H2,1-3H3. The smallest absolute Gasteiger partial charge is 0.146 e. The molecule has 4 nitrogen and oxygen atoms in total. The molecule has 1 aromatic heterocycles. The van der Waals surface area contributed by atoms with Crippen molar-refractivity contribution in [1.29, 1.82) is 5.26 Å². The number of hydrogen-bond acceptors (Lipinski definition) is 4. The first-order valence-corrected chi connectivity index (χ1v) is 8.03. The largest absolute Gasteiger partial charge is 0.368 e. The molecule has 0 N–H and O–H groups in total. The molecule has 1 saturated heterocycles. The first kappa shape index (κ1) is 15.4. The predicted molar refractivity (Wildman–Crippen MR) is 94.0 cm³/mol. The molecule has 23 heavy (non-hydrogen) atoms. The van der Waals surface area contributed by atoms with Crippen LogP contribution < -0.4 is 9.80 Å². The minimum absolute atomic E-state index is 0.663. The van der Waals surface area contributed by atoms with Gasteiger partial charge in [0.25, 0.3) is 0 Å². The molecule has 118 valence electrons. The highest BCUT2D eigenvalue weighted by Gasteiger charge is 2.21. The van der Waals surface area contributed by atoms with Crippen molar-refractivity contribution in [3.05, 3.63) is 52.7 Å². The molecule has 0 unspecified atom stereocenters. The minimum Gasteiger partial charge on any atom is -0.368 e. The Morgan fingerprint density at radius 2 is 1.65 bits per heavy atom. The Labute approximate surface area is 138 Å². The topological polar surface area (TPSA) is 43.2 Å². The molecule has 1 aliphatic heterocycles. The summed E-state index contributed by atoms with van der Waals surface area (Å²) in [6.07, 6.45) is 0. The Hall–Kier alpha value is -2.54. The molecule has 0 bridgehead atoms. The van der Waals surface area contributed by atoms with Crippen molar-refractivity contribution < 1.29 is 0 Å². The van der Waals surface area contributed by atoms with Gasteiger partial charge >= 0.3 is 0 Å². The molecule has 1 fully saturated rings. The molecule has 0 aliphatic carbocycles. The van der Waals surface area contributed by atoms with Gasteiger partial charge in [-0.2, -0.15) is 5.26 Å². The second-order valence-corrected chi connectivity index (χ2v) is 6.20. The minimum atomic E-state index is 0.663. The maximum absolute atomic E-state index is 9.31. The van der Waals surface area contributed by atoms with Crippen LogP contribution >= 0.6 is 0 Å². The van der Waals surface area contributed by atoms with Gasteiger partial charge in [0.2, 0.25) is 0 Å². The lowest BCUT2D eigenvalue weighted by molar-refractivity contribution is 0.645. The highest BCUT2D eigenvalue weighted by molar-refractivity contribution is 5.58. The lowest BCUT2D eigenvalue weighted by atomic mass is 10.1. The number of nitrogens with zero attached hydrogens (tertiary/aromatic N) is 4. The molecular weight excluding hydrogens is 284 g/mol. The highest BCUT2D eigenvalue weighted by Crippen LogP contribution is 2.25. The summed E-state index contributed by atoms with van der Waals surface area (Å²) in [5.74, 6) is 0.827. The second kappa shape index (κ2) is 6.29. The summed E-state index contributed by atoms with van der Waals surface area (Å²) in [5, 5.41) is 9.31. The van der Waals surface area contributed by atoms with Gasteiger partial charge in [0.1, 0.15) is 11.9 Å². The van der Waals surface area contributed by atoms with Crippen LogP contribution in [0.3, 0.4) is 0 Å². The fourth-order valence-electron chi connectivity index (χ4n) is 3.19. The lowest BCUT2D eigenvalue weighted by Crippen LogP contribution is -2.47. The van der Waals surface area contributed by atoms with E-state index in [0.717, 1.165) is 37.7 Å². The molecule has 0 amide bonds. The van der Waals surface area contributed by atoms with Crippen molar-refractivity contribution in [2.24, 2.45) is 0 Å². The SMILES string of the molecule is Cc1ccc(N2CCN(c3nc(C)ccc3C#N)CC2)c(C)c1. The summed E-state index contributed by atoms with van der Waals surface area (Å²) in [7, 11) is 0. The van der Waals surface area contributed by atoms with Crippen LogP contribution in [-0.4, -0.2) is 31.2 Å². The van der Waals surface area contributed by atoms with Gasteiger partial charge in [-0.05, 0) is 44.5 Å². The molecule has 0 radical (unpaired) electrons. The van der Waals surface area contributed by atoms with E-state index in [1.807, 2.05) is 19.1 Å². The van der Waals surface area contributed by atoms with E-state index < -0.39 is 0 Å². The zero-order chi connectivity index (χ0) is 16.4. The maximum atomic E-state index is 9.31. The van der Waals surface area contributed by atoms with Crippen molar-refractivity contribution in [1.82, 2.24) is 4.98 Å². The van der Waals surface area contributed by atoms with Crippen LogP contribution in [0.1, 0.15) is 22.4 Å². The third kappa shape index (κ3) is 3.14. The van der Waals surface area contributed by atoms with Crippen LogP contribution in [0.4, 0.5) is 11.5 Å². The summed E-state index contributed by atoms with van der Waals surface area (Å²) in [6, 6.07) is 12.6. The van der Waals surface area contributed by atoms with E-state index in [1.165, 1.54) is 16.8 Å². The first-order chi connectivity index (χ1) is 11.1. The fraction of sp³-hybridized carbons (Fsp3) is 0.368. The van der Waals surface area contributed by atoms with Gasteiger partial charge in [-0.25, -0.2) is 4.98 Å². The van der Waals surface area contributed by atoms with E-state index in [0.29, 0.717) is 5.56 Å². The zero-order valence-corrected chi connectivity index (χ0v) is 14.0. The number of rotatable bonds is 2. The lowest BCUT2D eigenvalue weighted by Gasteiger charge is -2.37. The van der Waals surface area contributed by atoms with Crippen LogP contribution in [0, 0.1) is 32.1 Å². The van der Waals surface area contributed by atoms with Crippen molar-refractivity contribution >= 4 is 11.5 Å². The quantitative estimate of drug-likeness (QED) is 0.854. The molecular formula is C19H22N4. The number of piperazine rings is 1. The van der Waals surface area contributed by atoms with Gasteiger partial charge < -0.3 is 9.80 Å². The molecule has 0 atom stereocenters. The Bertz CT molecular complexity index is 752. The molecule has 4 heteroatoms. The van der Waals surface area contributed by atoms with Crippen LogP contribution in [-0.2, 0) is 0 Å². The number of anilines is 2. The summed E-state index contributed by atoms with van der Waals surface area (Å²) >= 11 is 0. The van der Waals surface area contributed by atoms with E-state index in [4.69, 9.17) is 0 Å². The second-order valence-electron chi connectivity index (χ2n) is 6.20.